The van der Waals surface area contributed by atoms with E-state index in [2.05, 4.69) is 58.8 Å². The van der Waals surface area contributed by atoms with E-state index < -0.39 is 0 Å². The van der Waals surface area contributed by atoms with Crippen LogP contribution in [0.15, 0.2) is 88.7 Å². The average Bonchev–Trinajstić information content (AvgIpc) is 3.48. The fourth-order valence-corrected chi connectivity index (χ4v) is 4.38. The SMILES string of the molecule is CCOc1cccc2cc(C(=O)Nc3nc(-c4ccc(Cc5ccccc5)cc4)cs3)oc12. The number of hydrogen-bond donors (Lipinski definition) is 1. The minimum absolute atomic E-state index is 0.221. The Morgan fingerprint density at radius 3 is 2.58 bits per heavy atom. The number of nitrogens with zero attached hydrogens (tertiary/aromatic N) is 1. The predicted molar refractivity (Wildman–Crippen MR) is 132 cm³/mol. The summed E-state index contributed by atoms with van der Waals surface area (Å²) in [5.41, 5.74) is 4.92. The fraction of sp³-hybridized carbons (Fsp3) is 0.111. The van der Waals surface area contributed by atoms with Crippen molar-refractivity contribution in [2.75, 3.05) is 11.9 Å². The molecule has 1 amide bonds. The van der Waals surface area contributed by atoms with Crippen LogP contribution in [0.25, 0.3) is 22.2 Å². The Balaban J connectivity index is 1.28. The molecule has 33 heavy (non-hydrogen) atoms. The van der Waals surface area contributed by atoms with Gasteiger partial charge in [-0.3, -0.25) is 10.1 Å². The average molecular weight is 455 g/mol. The maximum atomic E-state index is 12.7. The summed E-state index contributed by atoms with van der Waals surface area (Å²) < 4.78 is 11.4. The molecule has 0 aliphatic heterocycles. The fourth-order valence-electron chi connectivity index (χ4n) is 3.66. The van der Waals surface area contributed by atoms with Gasteiger partial charge in [0.15, 0.2) is 22.2 Å². The molecule has 2 heterocycles. The quantitative estimate of drug-likeness (QED) is 0.294. The maximum Gasteiger partial charge on any atom is 0.293 e. The Morgan fingerprint density at radius 1 is 1.00 bits per heavy atom. The molecule has 0 radical (unpaired) electrons. The molecule has 3 aromatic carbocycles. The van der Waals surface area contributed by atoms with Crippen LogP contribution in [0.3, 0.4) is 0 Å². The van der Waals surface area contributed by atoms with Gasteiger partial charge < -0.3 is 9.15 Å². The molecule has 0 aliphatic rings. The summed E-state index contributed by atoms with van der Waals surface area (Å²) in [5, 5.41) is 6.12. The Labute approximate surface area is 195 Å². The molecule has 0 bridgehead atoms. The largest absolute Gasteiger partial charge is 0.490 e. The van der Waals surface area contributed by atoms with Gasteiger partial charge in [0.1, 0.15) is 0 Å². The second-order valence-electron chi connectivity index (χ2n) is 7.57. The van der Waals surface area contributed by atoms with Crippen LogP contribution >= 0.6 is 11.3 Å². The van der Waals surface area contributed by atoms with Gasteiger partial charge in [-0.25, -0.2) is 4.98 Å². The van der Waals surface area contributed by atoms with E-state index in [-0.39, 0.29) is 11.7 Å². The monoisotopic (exact) mass is 454 g/mol. The van der Waals surface area contributed by atoms with Crippen molar-refractivity contribution in [1.29, 1.82) is 0 Å². The van der Waals surface area contributed by atoms with Crippen molar-refractivity contribution in [3.63, 3.8) is 0 Å². The van der Waals surface area contributed by atoms with Gasteiger partial charge in [-0.15, -0.1) is 11.3 Å². The second-order valence-corrected chi connectivity index (χ2v) is 8.43. The summed E-state index contributed by atoms with van der Waals surface area (Å²) >= 11 is 1.38. The minimum Gasteiger partial charge on any atom is -0.490 e. The molecule has 0 spiro atoms. The number of nitrogens with one attached hydrogen (secondary N) is 1. The van der Waals surface area contributed by atoms with Crippen LogP contribution in [0.1, 0.15) is 28.6 Å². The van der Waals surface area contributed by atoms with E-state index in [4.69, 9.17) is 9.15 Å². The lowest BCUT2D eigenvalue weighted by Gasteiger charge is -2.03. The van der Waals surface area contributed by atoms with Crippen LogP contribution in [0, 0.1) is 0 Å². The summed E-state index contributed by atoms with van der Waals surface area (Å²) in [7, 11) is 0. The molecule has 2 aromatic heterocycles. The van der Waals surface area contributed by atoms with Crippen molar-refractivity contribution in [1.82, 2.24) is 4.98 Å². The van der Waals surface area contributed by atoms with Crippen molar-refractivity contribution >= 4 is 33.3 Å². The number of para-hydroxylation sites is 1. The summed E-state index contributed by atoms with van der Waals surface area (Å²) in [5.74, 6) is 0.508. The number of furan rings is 1. The first-order valence-corrected chi connectivity index (χ1v) is 11.6. The van der Waals surface area contributed by atoms with Crippen molar-refractivity contribution in [3.8, 4) is 17.0 Å². The van der Waals surface area contributed by atoms with Crippen LogP contribution in [-0.2, 0) is 6.42 Å². The number of fused-ring (bicyclic) bond motifs is 1. The lowest BCUT2D eigenvalue weighted by Crippen LogP contribution is -2.10. The zero-order chi connectivity index (χ0) is 22.6. The molecule has 6 heteroatoms. The molecule has 0 fully saturated rings. The van der Waals surface area contributed by atoms with Crippen LogP contribution in [0.2, 0.25) is 0 Å². The number of anilines is 1. The minimum atomic E-state index is -0.340. The van der Waals surface area contributed by atoms with Crippen molar-refractivity contribution in [2.45, 2.75) is 13.3 Å². The molecule has 0 unspecified atom stereocenters. The lowest BCUT2D eigenvalue weighted by atomic mass is 10.0. The Bertz CT molecular complexity index is 1390. The summed E-state index contributed by atoms with van der Waals surface area (Å²) in [6, 6.07) is 26.1. The number of ether oxygens (including phenoxy) is 1. The highest BCUT2D eigenvalue weighted by molar-refractivity contribution is 7.14. The molecule has 5 rings (SSSR count). The highest BCUT2D eigenvalue weighted by Gasteiger charge is 2.16. The molecule has 0 saturated carbocycles. The van der Waals surface area contributed by atoms with Crippen LogP contribution in [0.4, 0.5) is 5.13 Å². The van der Waals surface area contributed by atoms with Gasteiger partial charge in [0.2, 0.25) is 0 Å². The second kappa shape index (κ2) is 9.30. The zero-order valence-corrected chi connectivity index (χ0v) is 18.9. The normalized spacial score (nSPS) is 10.9. The van der Waals surface area contributed by atoms with E-state index in [1.807, 2.05) is 36.6 Å². The maximum absolute atomic E-state index is 12.7. The molecule has 0 atom stereocenters. The molecule has 0 aliphatic carbocycles. The first-order chi connectivity index (χ1) is 16.2. The predicted octanol–water partition coefficient (Wildman–Crippen LogP) is 6.80. The van der Waals surface area contributed by atoms with Crippen molar-refractivity contribution < 1.29 is 13.9 Å². The molecule has 5 aromatic rings. The van der Waals surface area contributed by atoms with Crippen LogP contribution < -0.4 is 10.1 Å². The molecular formula is C27H22N2O3S. The zero-order valence-electron chi connectivity index (χ0n) is 18.1. The number of rotatable bonds is 7. The van der Waals surface area contributed by atoms with Gasteiger partial charge in [0.25, 0.3) is 5.91 Å². The highest BCUT2D eigenvalue weighted by atomic mass is 32.1. The molecule has 164 valence electrons. The van der Waals surface area contributed by atoms with Crippen LogP contribution in [-0.4, -0.2) is 17.5 Å². The van der Waals surface area contributed by atoms with Gasteiger partial charge in [-0.1, -0.05) is 66.7 Å². The smallest absolute Gasteiger partial charge is 0.293 e. The van der Waals surface area contributed by atoms with Gasteiger partial charge in [0, 0.05) is 16.3 Å². The first-order valence-electron chi connectivity index (χ1n) is 10.7. The third-order valence-electron chi connectivity index (χ3n) is 5.26. The van der Waals surface area contributed by atoms with E-state index in [0.29, 0.717) is 23.1 Å². The topological polar surface area (TPSA) is 64.4 Å². The summed E-state index contributed by atoms with van der Waals surface area (Å²) in [6.07, 6.45) is 0.891. The lowest BCUT2D eigenvalue weighted by molar-refractivity contribution is 0.0998. The van der Waals surface area contributed by atoms with Gasteiger partial charge >= 0.3 is 0 Å². The summed E-state index contributed by atoms with van der Waals surface area (Å²) in [6.45, 7) is 2.43. The molecule has 1 N–H and O–H groups in total. The number of carbonyl (C=O) groups excluding carboxylic acids is 1. The van der Waals surface area contributed by atoms with Gasteiger partial charge in [-0.05, 0) is 36.6 Å². The van der Waals surface area contributed by atoms with Crippen LogP contribution in [0.5, 0.6) is 5.75 Å². The molecular weight excluding hydrogens is 432 g/mol. The highest BCUT2D eigenvalue weighted by Crippen LogP contribution is 2.30. The third kappa shape index (κ3) is 4.66. The molecule has 0 saturated heterocycles. The molecule has 5 nitrogen and oxygen atoms in total. The summed E-state index contributed by atoms with van der Waals surface area (Å²) in [4.78, 5) is 17.3. The van der Waals surface area contributed by atoms with Crippen molar-refractivity contribution in [3.05, 3.63) is 101 Å². The van der Waals surface area contributed by atoms with Gasteiger partial charge in [-0.2, -0.15) is 0 Å². The standard InChI is InChI=1S/C27H22N2O3S/c1-2-31-23-10-6-9-21-16-24(32-25(21)23)26(30)29-27-28-22(17-33-27)20-13-11-19(12-14-20)15-18-7-4-3-5-8-18/h3-14,16-17H,2,15H2,1H3,(H,28,29,30). The Morgan fingerprint density at radius 2 is 1.79 bits per heavy atom. The van der Waals surface area contributed by atoms with E-state index in [1.54, 1.807) is 6.07 Å². The van der Waals surface area contributed by atoms with E-state index in [9.17, 15) is 4.79 Å². The van der Waals surface area contributed by atoms with E-state index >= 15 is 0 Å². The van der Waals surface area contributed by atoms with E-state index in [0.717, 1.165) is 23.1 Å². The Kier molecular flexibility index (Phi) is 5.91. The number of hydrogen-bond acceptors (Lipinski definition) is 5. The number of amides is 1. The van der Waals surface area contributed by atoms with Gasteiger partial charge in [0.05, 0.1) is 12.3 Å². The van der Waals surface area contributed by atoms with E-state index in [1.165, 1.54) is 22.5 Å². The number of benzene rings is 3. The number of thiazole rings is 1. The number of carbonyl (C=O) groups is 1. The van der Waals surface area contributed by atoms with Crippen molar-refractivity contribution in [2.24, 2.45) is 0 Å². The third-order valence-corrected chi connectivity index (χ3v) is 6.01. The Hall–Kier alpha value is -3.90. The number of aromatic nitrogens is 1. The first kappa shape index (κ1) is 21.0.